The van der Waals surface area contributed by atoms with E-state index in [1.807, 2.05) is 24.3 Å². The third-order valence-electron chi connectivity index (χ3n) is 5.39. The monoisotopic (exact) mass is 399 g/mol. The third-order valence-corrected chi connectivity index (χ3v) is 5.65. The van der Waals surface area contributed by atoms with Crippen molar-refractivity contribution in [1.82, 2.24) is 14.0 Å². The Morgan fingerprint density at radius 3 is 2.64 bits per heavy atom. The van der Waals surface area contributed by atoms with Crippen LogP contribution in [0.2, 0.25) is 5.02 Å². The Kier molecular flexibility index (Phi) is 5.72. The van der Waals surface area contributed by atoms with Crippen LogP contribution in [0.1, 0.15) is 51.9 Å². The van der Waals surface area contributed by atoms with Gasteiger partial charge in [0.2, 0.25) is 11.7 Å². The summed E-state index contributed by atoms with van der Waals surface area (Å²) in [5.41, 5.74) is 1.59. The lowest BCUT2D eigenvalue weighted by atomic mass is 10.2. The van der Waals surface area contributed by atoms with Gasteiger partial charge in [0.15, 0.2) is 0 Å². The van der Waals surface area contributed by atoms with Crippen LogP contribution in [0.3, 0.4) is 0 Å². The number of rotatable bonds is 7. The maximum atomic E-state index is 12.8. The van der Waals surface area contributed by atoms with Gasteiger partial charge in [-0.3, -0.25) is 13.8 Å². The normalized spacial score (nSPS) is 14.8. The second-order valence-corrected chi connectivity index (χ2v) is 7.94. The van der Waals surface area contributed by atoms with Crippen LogP contribution in [0.4, 0.5) is 0 Å². The number of benzene rings is 1. The molecule has 1 aliphatic carbocycles. The van der Waals surface area contributed by atoms with E-state index in [1.54, 1.807) is 16.7 Å². The fourth-order valence-corrected chi connectivity index (χ4v) is 3.97. The Labute approximate surface area is 169 Å². The Bertz CT molecular complexity index is 1000. The van der Waals surface area contributed by atoms with E-state index in [-0.39, 0.29) is 11.7 Å². The molecule has 5 nitrogen and oxygen atoms in total. The van der Waals surface area contributed by atoms with Crippen molar-refractivity contribution in [2.24, 2.45) is 0 Å². The number of imidazole rings is 1. The second-order valence-electron chi connectivity index (χ2n) is 7.51. The molecule has 0 radical (unpaired) electrons. The van der Waals surface area contributed by atoms with E-state index in [1.165, 1.54) is 12.8 Å². The molecule has 2 aromatic heterocycles. The number of hydrogen-bond donors (Lipinski definition) is 0. The van der Waals surface area contributed by atoms with E-state index >= 15 is 0 Å². The van der Waals surface area contributed by atoms with Gasteiger partial charge in [0.25, 0.3) is 5.56 Å². The van der Waals surface area contributed by atoms with E-state index in [2.05, 4.69) is 11.5 Å². The van der Waals surface area contributed by atoms with Crippen molar-refractivity contribution in [3.05, 3.63) is 51.9 Å². The van der Waals surface area contributed by atoms with Gasteiger partial charge in [0, 0.05) is 23.3 Å². The molecular formula is C22H26ClN3O2. The lowest BCUT2D eigenvalue weighted by molar-refractivity contribution is 0.190. The first-order valence-electron chi connectivity index (χ1n) is 10.2. The first kappa shape index (κ1) is 19.1. The Hall–Kier alpha value is -2.27. The van der Waals surface area contributed by atoms with Crippen LogP contribution >= 0.6 is 11.6 Å². The molecule has 28 heavy (non-hydrogen) atoms. The van der Waals surface area contributed by atoms with E-state index in [9.17, 15) is 4.79 Å². The highest BCUT2D eigenvalue weighted by Gasteiger charge is 2.20. The van der Waals surface area contributed by atoms with Gasteiger partial charge < -0.3 is 4.74 Å². The summed E-state index contributed by atoms with van der Waals surface area (Å²) in [7, 11) is 0. The summed E-state index contributed by atoms with van der Waals surface area (Å²) >= 11 is 6.00. The molecule has 0 aliphatic heterocycles. The maximum absolute atomic E-state index is 12.8. The molecule has 2 heterocycles. The molecule has 0 saturated heterocycles. The third kappa shape index (κ3) is 3.95. The summed E-state index contributed by atoms with van der Waals surface area (Å²) < 4.78 is 9.94. The number of aryl methyl sites for hydroxylation is 1. The van der Waals surface area contributed by atoms with Crippen molar-refractivity contribution >= 4 is 17.4 Å². The van der Waals surface area contributed by atoms with Crippen LogP contribution in [-0.4, -0.2) is 20.1 Å². The Balaban J connectivity index is 1.78. The fraction of sp³-hybridized carbons (Fsp3) is 0.455. The summed E-state index contributed by atoms with van der Waals surface area (Å²) in [6.07, 6.45) is 9.79. The largest absolute Gasteiger partial charge is 0.475 e. The maximum Gasteiger partial charge on any atom is 0.262 e. The van der Waals surface area contributed by atoms with Gasteiger partial charge in [0.1, 0.15) is 6.10 Å². The van der Waals surface area contributed by atoms with Crippen LogP contribution in [0.25, 0.3) is 17.0 Å². The number of fused-ring (bicyclic) bond motifs is 1. The average molecular weight is 400 g/mol. The predicted molar refractivity (Wildman–Crippen MR) is 112 cm³/mol. The molecule has 1 aliphatic rings. The molecule has 148 valence electrons. The van der Waals surface area contributed by atoms with Crippen molar-refractivity contribution in [3.8, 4) is 17.1 Å². The van der Waals surface area contributed by atoms with Crippen LogP contribution in [0.15, 0.2) is 41.3 Å². The zero-order chi connectivity index (χ0) is 19.5. The molecule has 0 spiro atoms. The number of halogens is 1. The molecule has 6 heteroatoms. The van der Waals surface area contributed by atoms with Gasteiger partial charge in [-0.15, -0.1) is 0 Å². The Morgan fingerprint density at radius 2 is 1.93 bits per heavy atom. The SMILES string of the molecule is CCCCCn1c(OC2CCCC2)cc(=O)n2cc(-c3ccc(Cl)cc3)nc12. The molecule has 0 unspecified atom stereocenters. The van der Waals surface area contributed by atoms with Crippen LogP contribution in [0.5, 0.6) is 5.88 Å². The number of aromatic nitrogens is 3. The van der Waals surface area contributed by atoms with E-state index in [0.717, 1.165) is 49.9 Å². The minimum absolute atomic E-state index is 0.109. The van der Waals surface area contributed by atoms with Crippen molar-refractivity contribution in [1.29, 1.82) is 0 Å². The molecular weight excluding hydrogens is 374 g/mol. The van der Waals surface area contributed by atoms with Gasteiger partial charge in [-0.25, -0.2) is 4.98 Å². The lowest BCUT2D eigenvalue weighted by Gasteiger charge is -2.19. The van der Waals surface area contributed by atoms with Gasteiger partial charge >= 0.3 is 0 Å². The summed E-state index contributed by atoms with van der Waals surface area (Å²) in [6.45, 7) is 2.97. The minimum atomic E-state index is -0.109. The molecule has 1 fully saturated rings. The van der Waals surface area contributed by atoms with Crippen molar-refractivity contribution < 1.29 is 4.74 Å². The van der Waals surface area contributed by atoms with Crippen LogP contribution in [0, 0.1) is 0 Å². The quantitative estimate of drug-likeness (QED) is 0.504. The zero-order valence-corrected chi connectivity index (χ0v) is 17.0. The molecule has 0 amide bonds. The van der Waals surface area contributed by atoms with Crippen molar-refractivity contribution in [2.45, 2.75) is 64.5 Å². The van der Waals surface area contributed by atoms with E-state index in [4.69, 9.17) is 21.3 Å². The predicted octanol–water partition coefficient (Wildman–Crippen LogP) is 5.33. The first-order chi connectivity index (χ1) is 13.7. The van der Waals surface area contributed by atoms with Gasteiger partial charge in [-0.1, -0.05) is 43.5 Å². The van der Waals surface area contributed by atoms with Crippen LogP contribution < -0.4 is 10.3 Å². The summed E-state index contributed by atoms with van der Waals surface area (Å²) in [5.74, 6) is 1.29. The molecule has 0 bridgehead atoms. The smallest absolute Gasteiger partial charge is 0.262 e. The van der Waals surface area contributed by atoms with Crippen molar-refractivity contribution in [3.63, 3.8) is 0 Å². The molecule has 1 saturated carbocycles. The first-order valence-corrected chi connectivity index (χ1v) is 10.6. The Morgan fingerprint density at radius 1 is 1.18 bits per heavy atom. The number of ether oxygens (including phenoxy) is 1. The van der Waals surface area contributed by atoms with Gasteiger partial charge in [-0.05, 0) is 44.2 Å². The number of nitrogens with zero attached hydrogens (tertiary/aromatic N) is 3. The molecule has 1 aromatic carbocycles. The number of hydrogen-bond acceptors (Lipinski definition) is 3. The molecule has 4 rings (SSSR count). The molecule has 0 atom stereocenters. The summed E-state index contributed by atoms with van der Waals surface area (Å²) in [4.78, 5) is 17.6. The van der Waals surface area contributed by atoms with Crippen LogP contribution in [-0.2, 0) is 6.54 Å². The highest BCUT2D eigenvalue weighted by Crippen LogP contribution is 2.26. The zero-order valence-electron chi connectivity index (χ0n) is 16.2. The van der Waals surface area contributed by atoms with Gasteiger partial charge in [-0.2, -0.15) is 0 Å². The number of unbranched alkanes of at least 4 members (excludes halogenated alkanes) is 2. The fourth-order valence-electron chi connectivity index (χ4n) is 3.84. The molecule has 3 aromatic rings. The highest BCUT2D eigenvalue weighted by atomic mass is 35.5. The lowest BCUT2D eigenvalue weighted by Crippen LogP contribution is -2.22. The highest BCUT2D eigenvalue weighted by molar-refractivity contribution is 6.30. The van der Waals surface area contributed by atoms with Gasteiger partial charge in [0.05, 0.1) is 11.8 Å². The van der Waals surface area contributed by atoms with Crippen molar-refractivity contribution in [2.75, 3.05) is 0 Å². The minimum Gasteiger partial charge on any atom is -0.475 e. The molecule has 0 N–H and O–H groups in total. The topological polar surface area (TPSA) is 48.5 Å². The summed E-state index contributed by atoms with van der Waals surface area (Å²) in [6, 6.07) is 9.13. The average Bonchev–Trinajstić information content (AvgIpc) is 3.35. The second kappa shape index (κ2) is 8.39. The van der Waals surface area contributed by atoms with E-state index in [0.29, 0.717) is 16.7 Å². The summed E-state index contributed by atoms with van der Waals surface area (Å²) in [5, 5.41) is 0.680. The standard InChI is InChI=1S/C22H26ClN3O2/c1-2-3-6-13-25-21(28-18-7-4-5-8-18)14-20(27)26-15-19(24-22(25)26)16-9-11-17(23)12-10-16/h9-12,14-15,18H,2-8,13H2,1H3. The van der Waals surface area contributed by atoms with E-state index < -0.39 is 0 Å².